The molecule has 1 aromatic rings. The van der Waals surface area contributed by atoms with E-state index < -0.39 is 5.41 Å². The average molecular weight is 322 g/mol. The summed E-state index contributed by atoms with van der Waals surface area (Å²) in [6.45, 7) is 0.567. The Morgan fingerprint density at radius 1 is 1.47 bits per heavy atom. The van der Waals surface area contributed by atoms with Gasteiger partial charge in [0.25, 0.3) is 0 Å². The van der Waals surface area contributed by atoms with Gasteiger partial charge in [0.2, 0.25) is 0 Å². The SMILES string of the molecule is COC(=O)c1cc(Br)c2c(c1)NCC21CC=CC1=O. The minimum absolute atomic E-state index is 0.116. The lowest BCUT2D eigenvalue weighted by Gasteiger charge is -2.22. The number of carbonyl (C=O) groups is 2. The zero-order chi connectivity index (χ0) is 13.6. The van der Waals surface area contributed by atoms with Crippen LogP contribution in [0.4, 0.5) is 5.69 Å². The number of fused-ring (bicyclic) bond motifs is 2. The zero-order valence-electron chi connectivity index (χ0n) is 10.3. The number of benzene rings is 1. The number of esters is 1. The maximum absolute atomic E-state index is 12.1. The Balaban J connectivity index is 2.13. The minimum Gasteiger partial charge on any atom is -0.465 e. The maximum Gasteiger partial charge on any atom is 0.337 e. The number of rotatable bonds is 1. The van der Waals surface area contributed by atoms with Gasteiger partial charge in [-0.15, -0.1) is 0 Å². The first kappa shape index (κ1) is 12.4. The van der Waals surface area contributed by atoms with Crippen molar-refractivity contribution in [1.82, 2.24) is 0 Å². The molecule has 1 atom stereocenters. The molecular weight excluding hydrogens is 310 g/mol. The van der Waals surface area contributed by atoms with Gasteiger partial charge in [-0.1, -0.05) is 22.0 Å². The third-order valence-corrected chi connectivity index (χ3v) is 4.40. The van der Waals surface area contributed by atoms with E-state index in [1.54, 1.807) is 18.2 Å². The summed E-state index contributed by atoms with van der Waals surface area (Å²) < 4.78 is 5.49. The molecule has 0 fully saturated rings. The molecule has 1 aliphatic heterocycles. The van der Waals surface area contributed by atoms with Crippen molar-refractivity contribution in [3.63, 3.8) is 0 Å². The fraction of sp³-hybridized carbons (Fsp3) is 0.286. The zero-order valence-corrected chi connectivity index (χ0v) is 11.9. The van der Waals surface area contributed by atoms with Gasteiger partial charge >= 0.3 is 5.97 Å². The lowest BCUT2D eigenvalue weighted by atomic mass is 9.79. The number of nitrogens with one attached hydrogen (secondary N) is 1. The molecule has 19 heavy (non-hydrogen) atoms. The maximum atomic E-state index is 12.1. The smallest absolute Gasteiger partial charge is 0.337 e. The van der Waals surface area contributed by atoms with E-state index in [2.05, 4.69) is 21.2 Å². The fourth-order valence-electron chi connectivity index (χ4n) is 2.81. The summed E-state index contributed by atoms with van der Waals surface area (Å²) in [5.41, 5.74) is 1.72. The highest BCUT2D eigenvalue weighted by Crippen LogP contribution is 2.47. The van der Waals surface area contributed by atoms with Gasteiger partial charge in [-0.2, -0.15) is 0 Å². The predicted octanol–water partition coefficient (Wildman–Crippen LogP) is 2.43. The molecule has 1 aliphatic carbocycles. The number of allylic oxidation sites excluding steroid dienone is 2. The van der Waals surface area contributed by atoms with Crippen molar-refractivity contribution in [2.24, 2.45) is 0 Å². The summed E-state index contributed by atoms with van der Waals surface area (Å²) in [5.74, 6) is -0.271. The van der Waals surface area contributed by atoms with Crippen LogP contribution in [0, 0.1) is 0 Å². The third-order valence-electron chi connectivity index (χ3n) is 3.78. The van der Waals surface area contributed by atoms with Gasteiger partial charge in [-0.3, -0.25) is 4.79 Å². The molecule has 0 saturated carbocycles. The molecule has 1 unspecified atom stereocenters. The summed E-state index contributed by atoms with van der Waals surface area (Å²) in [6, 6.07) is 3.46. The molecule has 1 aromatic carbocycles. The minimum atomic E-state index is -0.511. The molecule has 0 aromatic heterocycles. The first-order valence-corrected chi connectivity index (χ1v) is 6.75. The van der Waals surface area contributed by atoms with Crippen LogP contribution < -0.4 is 5.32 Å². The molecule has 3 rings (SSSR count). The second-order valence-electron chi connectivity index (χ2n) is 4.78. The molecule has 4 nitrogen and oxygen atoms in total. The number of carbonyl (C=O) groups excluding carboxylic acids is 2. The number of hydrogen-bond donors (Lipinski definition) is 1. The Kier molecular flexibility index (Phi) is 2.74. The Labute approximate surface area is 119 Å². The van der Waals surface area contributed by atoms with Crippen LogP contribution in [0.3, 0.4) is 0 Å². The fourth-order valence-corrected chi connectivity index (χ4v) is 3.65. The quantitative estimate of drug-likeness (QED) is 0.807. The molecule has 2 aliphatic rings. The van der Waals surface area contributed by atoms with Crippen molar-refractivity contribution in [3.05, 3.63) is 39.9 Å². The van der Waals surface area contributed by atoms with E-state index in [4.69, 9.17) is 4.74 Å². The normalized spacial score (nSPS) is 23.6. The summed E-state index contributed by atoms with van der Waals surface area (Å²) in [7, 11) is 1.35. The van der Waals surface area contributed by atoms with E-state index >= 15 is 0 Å². The van der Waals surface area contributed by atoms with Gasteiger partial charge < -0.3 is 10.1 Å². The first-order valence-electron chi connectivity index (χ1n) is 5.96. The van der Waals surface area contributed by atoms with Gasteiger partial charge in [0.05, 0.1) is 18.1 Å². The van der Waals surface area contributed by atoms with Crippen molar-refractivity contribution in [2.45, 2.75) is 11.8 Å². The summed E-state index contributed by atoms with van der Waals surface area (Å²) in [6.07, 6.45) is 4.24. The number of hydrogen-bond acceptors (Lipinski definition) is 4. The first-order chi connectivity index (χ1) is 9.08. The molecule has 1 heterocycles. The van der Waals surface area contributed by atoms with Crippen molar-refractivity contribution >= 4 is 33.4 Å². The molecule has 0 saturated heterocycles. The van der Waals surface area contributed by atoms with Crippen LogP contribution in [0.2, 0.25) is 0 Å². The van der Waals surface area contributed by atoms with E-state index in [1.165, 1.54) is 7.11 Å². The molecule has 0 radical (unpaired) electrons. The molecule has 0 amide bonds. The second-order valence-corrected chi connectivity index (χ2v) is 5.63. The highest BCUT2D eigenvalue weighted by Gasteiger charge is 2.47. The standard InChI is InChI=1S/C14H12BrNO3/c1-19-13(18)8-5-9(15)12-10(6-8)16-7-14(12)4-2-3-11(14)17/h2-3,5-6,16H,4,7H2,1H3. The molecular formula is C14H12BrNO3. The predicted molar refractivity (Wildman–Crippen MR) is 74.4 cm³/mol. The highest BCUT2D eigenvalue weighted by atomic mass is 79.9. The summed E-state index contributed by atoms with van der Waals surface area (Å²) in [4.78, 5) is 23.7. The van der Waals surface area contributed by atoms with Crippen LogP contribution in [0.15, 0.2) is 28.8 Å². The number of halogens is 1. The third kappa shape index (κ3) is 1.64. The van der Waals surface area contributed by atoms with Crippen LogP contribution >= 0.6 is 15.9 Å². The number of anilines is 1. The monoisotopic (exact) mass is 321 g/mol. The van der Waals surface area contributed by atoms with Gasteiger partial charge in [0.15, 0.2) is 5.78 Å². The van der Waals surface area contributed by atoms with Crippen molar-refractivity contribution in [2.75, 3.05) is 19.0 Å². The molecule has 1 N–H and O–H groups in total. The lowest BCUT2D eigenvalue weighted by molar-refractivity contribution is -0.118. The molecule has 98 valence electrons. The Hall–Kier alpha value is -1.62. The van der Waals surface area contributed by atoms with E-state index in [0.717, 1.165) is 15.7 Å². The van der Waals surface area contributed by atoms with Gasteiger partial charge in [0.1, 0.15) is 0 Å². The second kappa shape index (κ2) is 4.20. The van der Waals surface area contributed by atoms with Crippen LogP contribution in [0.1, 0.15) is 22.3 Å². The Morgan fingerprint density at radius 2 is 2.26 bits per heavy atom. The van der Waals surface area contributed by atoms with Gasteiger partial charge in [0, 0.05) is 22.3 Å². The highest BCUT2D eigenvalue weighted by molar-refractivity contribution is 9.10. The van der Waals surface area contributed by atoms with Gasteiger partial charge in [-0.05, 0) is 24.6 Å². The van der Waals surface area contributed by atoms with E-state index in [9.17, 15) is 9.59 Å². The van der Waals surface area contributed by atoms with Crippen molar-refractivity contribution in [3.8, 4) is 0 Å². The molecule has 5 heteroatoms. The van der Waals surface area contributed by atoms with Crippen LogP contribution in [0.5, 0.6) is 0 Å². The van der Waals surface area contributed by atoms with E-state index in [-0.39, 0.29) is 11.8 Å². The molecule has 1 spiro atoms. The number of methoxy groups -OCH3 is 1. The summed E-state index contributed by atoms with van der Waals surface area (Å²) in [5, 5.41) is 3.22. The van der Waals surface area contributed by atoms with Crippen LogP contribution in [-0.2, 0) is 14.9 Å². The lowest BCUT2D eigenvalue weighted by Crippen LogP contribution is -2.33. The van der Waals surface area contributed by atoms with E-state index in [1.807, 2.05) is 6.08 Å². The average Bonchev–Trinajstić information content (AvgIpc) is 2.95. The Bertz CT molecular complexity index is 623. The number of ether oxygens (including phenoxy) is 1. The van der Waals surface area contributed by atoms with Crippen LogP contribution in [-0.4, -0.2) is 25.4 Å². The number of ketones is 1. The Morgan fingerprint density at radius 3 is 2.89 bits per heavy atom. The van der Waals surface area contributed by atoms with Crippen molar-refractivity contribution < 1.29 is 14.3 Å². The summed E-state index contributed by atoms with van der Waals surface area (Å²) >= 11 is 3.48. The molecule has 0 bridgehead atoms. The largest absolute Gasteiger partial charge is 0.465 e. The van der Waals surface area contributed by atoms with E-state index in [0.29, 0.717) is 18.5 Å². The van der Waals surface area contributed by atoms with Crippen molar-refractivity contribution in [1.29, 1.82) is 0 Å². The van der Waals surface area contributed by atoms with Gasteiger partial charge in [-0.25, -0.2) is 4.79 Å². The topological polar surface area (TPSA) is 55.4 Å². The van der Waals surface area contributed by atoms with Crippen LogP contribution in [0.25, 0.3) is 0 Å².